The van der Waals surface area contributed by atoms with Gasteiger partial charge in [-0.15, -0.1) is 0 Å². The largest absolute Gasteiger partial charge is 0.492 e. The number of hydrogen-bond acceptors (Lipinski definition) is 4. The minimum atomic E-state index is -0.777. The number of nitrogens with one attached hydrogen (secondary N) is 1. The van der Waals surface area contributed by atoms with Crippen LogP contribution in [0.25, 0.3) is 0 Å². The number of ether oxygens (including phenoxy) is 1. The molecule has 27 heavy (non-hydrogen) atoms. The van der Waals surface area contributed by atoms with Crippen LogP contribution < -0.4 is 15.0 Å². The highest BCUT2D eigenvalue weighted by molar-refractivity contribution is 5.92. The highest BCUT2D eigenvalue weighted by atomic mass is 19.1. The predicted octanol–water partition coefficient (Wildman–Crippen LogP) is 3.12. The van der Waals surface area contributed by atoms with E-state index in [2.05, 4.69) is 10.2 Å². The van der Waals surface area contributed by atoms with Gasteiger partial charge >= 0.3 is 0 Å². The van der Waals surface area contributed by atoms with Gasteiger partial charge in [-0.1, -0.05) is 18.2 Å². The summed E-state index contributed by atoms with van der Waals surface area (Å²) in [4.78, 5) is 16.3. The first-order chi connectivity index (χ1) is 13.1. The number of nitrogens with zero attached hydrogens (tertiary/aromatic N) is 2. The van der Waals surface area contributed by atoms with E-state index in [4.69, 9.17) is 4.74 Å². The Hall–Kier alpha value is -2.67. The molecule has 1 amide bonds. The number of benzene rings is 2. The fourth-order valence-electron chi connectivity index (χ4n) is 3.14. The number of para-hydroxylation sites is 3. The second-order valence-electron chi connectivity index (χ2n) is 6.31. The third-order valence-electron chi connectivity index (χ3n) is 4.47. The summed E-state index contributed by atoms with van der Waals surface area (Å²) in [5.74, 6) is -1.13. The molecule has 1 aliphatic rings. The average molecular weight is 375 g/mol. The van der Waals surface area contributed by atoms with Crippen molar-refractivity contribution >= 4 is 17.3 Å². The van der Waals surface area contributed by atoms with E-state index in [1.807, 2.05) is 36.1 Å². The van der Waals surface area contributed by atoms with Crippen molar-refractivity contribution in [3.63, 3.8) is 0 Å². The van der Waals surface area contributed by atoms with Crippen LogP contribution in [0, 0.1) is 11.6 Å². The smallest absolute Gasteiger partial charge is 0.238 e. The van der Waals surface area contributed by atoms with E-state index in [9.17, 15) is 13.6 Å². The van der Waals surface area contributed by atoms with Crippen LogP contribution in [-0.4, -0.2) is 50.1 Å². The van der Waals surface area contributed by atoms with Crippen molar-refractivity contribution in [3.8, 4) is 5.75 Å². The minimum absolute atomic E-state index is 0.0920. The van der Waals surface area contributed by atoms with Crippen molar-refractivity contribution in [2.45, 2.75) is 6.92 Å². The lowest BCUT2D eigenvalue weighted by atomic mass is 10.2. The maximum Gasteiger partial charge on any atom is 0.238 e. The van der Waals surface area contributed by atoms with Gasteiger partial charge in [0.05, 0.1) is 18.8 Å². The Labute approximate surface area is 157 Å². The van der Waals surface area contributed by atoms with Crippen LogP contribution in [0.4, 0.5) is 20.2 Å². The monoisotopic (exact) mass is 375 g/mol. The number of carbonyl (C=O) groups excluding carboxylic acids is 1. The van der Waals surface area contributed by atoms with Crippen molar-refractivity contribution in [2.24, 2.45) is 0 Å². The SMILES string of the molecule is CCOc1ccccc1N1CCN(CC(=O)Nc2c(F)cccc2F)CC1. The first-order valence-electron chi connectivity index (χ1n) is 9.01. The number of anilines is 2. The molecule has 0 spiro atoms. The first kappa shape index (κ1) is 19.1. The fourth-order valence-corrected chi connectivity index (χ4v) is 3.14. The summed E-state index contributed by atoms with van der Waals surface area (Å²) in [7, 11) is 0. The maximum absolute atomic E-state index is 13.6. The van der Waals surface area contributed by atoms with Crippen molar-refractivity contribution in [1.82, 2.24) is 4.90 Å². The van der Waals surface area contributed by atoms with Crippen molar-refractivity contribution < 1.29 is 18.3 Å². The topological polar surface area (TPSA) is 44.8 Å². The van der Waals surface area contributed by atoms with E-state index in [1.165, 1.54) is 6.07 Å². The lowest BCUT2D eigenvalue weighted by molar-refractivity contribution is -0.117. The van der Waals surface area contributed by atoms with Gasteiger partial charge in [-0.2, -0.15) is 0 Å². The van der Waals surface area contributed by atoms with Gasteiger partial charge in [0.2, 0.25) is 5.91 Å². The van der Waals surface area contributed by atoms with Gasteiger partial charge in [0.15, 0.2) is 0 Å². The number of amides is 1. The lowest BCUT2D eigenvalue weighted by Gasteiger charge is -2.36. The fraction of sp³-hybridized carbons (Fsp3) is 0.350. The Bertz CT molecular complexity index is 772. The number of hydrogen-bond donors (Lipinski definition) is 1. The van der Waals surface area contributed by atoms with Crippen molar-refractivity contribution in [1.29, 1.82) is 0 Å². The van der Waals surface area contributed by atoms with Crippen molar-refractivity contribution in [2.75, 3.05) is 49.5 Å². The molecule has 0 radical (unpaired) electrons. The highest BCUT2D eigenvalue weighted by Gasteiger charge is 2.22. The van der Waals surface area contributed by atoms with Crippen LogP contribution in [0.5, 0.6) is 5.75 Å². The van der Waals surface area contributed by atoms with E-state index < -0.39 is 23.2 Å². The molecule has 2 aromatic rings. The third-order valence-corrected chi connectivity index (χ3v) is 4.47. The van der Waals surface area contributed by atoms with E-state index in [0.29, 0.717) is 19.7 Å². The standard InChI is InChI=1S/C20H23F2N3O2/c1-2-27-18-9-4-3-8-17(18)25-12-10-24(11-13-25)14-19(26)23-20-15(21)6-5-7-16(20)22/h3-9H,2,10-14H2,1H3,(H,23,26). The number of halogens is 2. The molecule has 1 N–H and O–H groups in total. The average Bonchev–Trinajstić information content (AvgIpc) is 2.66. The molecule has 1 heterocycles. The lowest BCUT2D eigenvalue weighted by Crippen LogP contribution is -2.48. The molecule has 0 aromatic heterocycles. The summed E-state index contributed by atoms with van der Waals surface area (Å²) in [5.41, 5.74) is 0.642. The Balaban J connectivity index is 1.55. The van der Waals surface area contributed by atoms with E-state index in [1.54, 1.807) is 0 Å². The molecule has 7 heteroatoms. The zero-order chi connectivity index (χ0) is 19.2. The van der Waals surface area contributed by atoms with Gasteiger partial charge in [0, 0.05) is 26.2 Å². The zero-order valence-corrected chi connectivity index (χ0v) is 15.3. The molecular formula is C20H23F2N3O2. The molecule has 1 aliphatic heterocycles. The predicted molar refractivity (Wildman–Crippen MR) is 101 cm³/mol. The Morgan fingerprint density at radius 3 is 2.37 bits per heavy atom. The number of rotatable bonds is 6. The normalized spacial score (nSPS) is 14.9. The van der Waals surface area contributed by atoms with Gasteiger partial charge in [0.25, 0.3) is 0 Å². The van der Waals surface area contributed by atoms with Crippen LogP contribution in [0.2, 0.25) is 0 Å². The van der Waals surface area contributed by atoms with Gasteiger partial charge in [0.1, 0.15) is 23.1 Å². The summed E-state index contributed by atoms with van der Waals surface area (Å²) < 4.78 is 33.0. The summed E-state index contributed by atoms with van der Waals surface area (Å²) >= 11 is 0. The van der Waals surface area contributed by atoms with Gasteiger partial charge in [-0.3, -0.25) is 9.69 Å². The molecule has 0 atom stereocenters. The molecular weight excluding hydrogens is 352 g/mol. The van der Waals surface area contributed by atoms with Gasteiger partial charge < -0.3 is 15.0 Å². The quantitative estimate of drug-likeness (QED) is 0.843. The highest BCUT2D eigenvalue weighted by Crippen LogP contribution is 2.28. The Kier molecular flexibility index (Phi) is 6.24. The van der Waals surface area contributed by atoms with E-state index in [-0.39, 0.29) is 6.54 Å². The minimum Gasteiger partial charge on any atom is -0.492 e. The van der Waals surface area contributed by atoms with E-state index >= 15 is 0 Å². The molecule has 0 unspecified atom stereocenters. The van der Waals surface area contributed by atoms with Gasteiger partial charge in [-0.25, -0.2) is 8.78 Å². The maximum atomic E-state index is 13.6. The zero-order valence-electron chi connectivity index (χ0n) is 15.3. The summed E-state index contributed by atoms with van der Waals surface area (Å²) in [6.07, 6.45) is 0. The van der Waals surface area contributed by atoms with E-state index in [0.717, 1.165) is 36.7 Å². The second-order valence-corrected chi connectivity index (χ2v) is 6.31. The Morgan fingerprint density at radius 2 is 1.70 bits per heavy atom. The second kappa shape index (κ2) is 8.81. The van der Waals surface area contributed by atoms with Crippen molar-refractivity contribution in [3.05, 3.63) is 54.1 Å². The molecule has 1 saturated heterocycles. The number of piperazine rings is 1. The molecule has 0 bridgehead atoms. The van der Waals surface area contributed by atoms with Crippen LogP contribution in [0.3, 0.4) is 0 Å². The summed E-state index contributed by atoms with van der Waals surface area (Å²) in [5, 5.41) is 2.33. The Morgan fingerprint density at radius 1 is 1.04 bits per heavy atom. The van der Waals surface area contributed by atoms with Gasteiger partial charge in [-0.05, 0) is 31.2 Å². The molecule has 144 valence electrons. The molecule has 1 fully saturated rings. The third kappa shape index (κ3) is 4.74. The van der Waals surface area contributed by atoms with Crippen LogP contribution >= 0.6 is 0 Å². The number of carbonyl (C=O) groups is 1. The molecule has 5 nitrogen and oxygen atoms in total. The first-order valence-corrected chi connectivity index (χ1v) is 9.01. The van der Waals surface area contributed by atoms with Crippen LogP contribution in [-0.2, 0) is 4.79 Å². The summed E-state index contributed by atoms with van der Waals surface area (Å²) in [6, 6.07) is 11.4. The molecule has 0 aliphatic carbocycles. The molecule has 3 rings (SSSR count). The molecule has 0 saturated carbocycles. The van der Waals surface area contributed by atoms with Crippen LogP contribution in [0.1, 0.15) is 6.92 Å². The molecule has 2 aromatic carbocycles. The summed E-state index contributed by atoms with van der Waals surface area (Å²) in [6.45, 7) is 5.47. The van der Waals surface area contributed by atoms with Crippen LogP contribution in [0.15, 0.2) is 42.5 Å².